The molecule has 1 aliphatic carbocycles. The molecule has 5 nitrogen and oxygen atoms in total. The van der Waals surface area contributed by atoms with Crippen LogP contribution in [0.5, 0.6) is 0 Å². The van der Waals surface area contributed by atoms with E-state index in [1.165, 1.54) is 0 Å². The summed E-state index contributed by atoms with van der Waals surface area (Å²) in [5.74, 6) is 0. The summed E-state index contributed by atoms with van der Waals surface area (Å²) in [5, 5.41) is 0. The molecule has 2 N–H and O–H groups in total. The average Bonchev–Trinajstić information content (AvgIpc) is 2.91. The minimum atomic E-state index is -3.43. The maximum Gasteiger partial charge on any atom is 0.277 e. The summed E-state index contributed by atoms with van der Waals surface area (Å²) in [6.45, 7) is 0.360. The van der Waals surface area contributed by atoms with Gasteiger partial charge in [-0.15, -0.1) is 0 Å². The second-order valence-corrected chi connectivity index (χ2v) is 7.37. The Morgan fingerprint density at radius 3 is 2.38 bits per heavy atom. The van der Waals surface area contributed by atoms with E-state index in [2.05, 4.69) is 9.44 Å². The molecule has 0 aliphatic heterocycles. The number of nitrogens with zero attached hydrogens (tertiary/aromatic N) is 1. The molecule has 0 radical (unpaired) electrons. The zero-order chi connectivity index (χ0) is 15.3. The van der Waals surface area contributed by atoms with Crippen molar-refractivity contribution in [1.29, 1.82) is 0 Å². The first-order valence-electron chi connectivity index (χ1n) is 7.46. The fraction of sp³-hybridized carbons (Fsp3) is 0.600. The van der Waals surface area contributed by atoms with Gasteiger partial charge >= 0.3 is 0 Å². The number of benzene rings is 1. The van der Waals surface area contributed by atoms with Crippen LogP contribution in [0.2, 0.25) is 0 Å². The zero-order valence-electron chi connectivity index (χ0n) is 12.7. The van der Waals surface area contributed by atoms with Gasteiger partial charge in [-0.05, 0) is 32.5 Å². The smallest absolute Gasteiger partial charge is 0.277 e. The molecule has 0 spiro atoms. The molecular weight excluding hydrogens is 286 g/mol. The first kappa shape index (κ1) is 16.4. The van der Waals surface area contributed by atoms with E-state index in [4.69, 9.17) is 0 Å². The van der Waals surface area contributed by atoms with Crippen LogP contribution in [0, 0.1) is 0 Å². The Hall–Kier alpha value is -0.950. The normalized spacial score (nSPS) is 18.2. The molecule has 1 unspecified atom stereocenters. The topological polar surface area (TPSA) is 61.4 Å². The second-order valence-electron chi connectivity index (χ2n) is 5.84. The number of likely N-dealkylation sites (N-methyl/N-ethyl adjacent to an activating group) is 1. The lowest BCUT2D eigenvalue weighted by Crippen LogP contribution is -2.44. The SMILES string of the molecule is CN(C)C(CNS(=O)(=O)NC1CCCC1)c1ccccc1. The average molecular weight is 311 g/mol. The van der Waals surface area contributed by atoms with Crippen molar-refractivity contribution < 1.29 is 8.42 Å². The predicted molar refractivity (Wildman–Crippen MR) is 85.2 cm³/mol. The van der Waals surface area contributed by atoms with E-state index in [1.54, 1.807) is 0 Å². The number of hydrogen-bond acceptors (Lipinski definition) is 3. The van der Waals surface area contributed by atoms with Crippen molar-refractivity contribution in [3.05, 3.63) is 35.9 Å². The molecule has 118 valence electrons. The second kappa shape index (κ2) is 7.35. The zero-order valence-corrected chi connectivity index (χ0v) is 13.6. The van der Waals surface area contributed by atoms with Crippen molar-refractivity contribution >= 4 is 10.2 Å². The van der Waals surface area contributed by atoms with Gasteiger partial charge in [-0.25, -0.2) is 4.72 Å². The predicted octanol–water partition coefficient (Wildman–Crippen LogP) is 1.66. The lowest BCUT2D eigenvalue weighted by Gasteiger charge is -2.25. The Labute approximate surface area is 127 Å². The lowest BCUT2D eigenvalue weighted by atomic mass is 10.1. The summed E-state index contributed by atoms with van der Waals surface area (Å²) in [6, 6.07) is 10.0. The summed E-state index contributed by atoms with van der Waals surface area (Å²) in [6.07, 6.45) is 4.10. The molecule has 2 rings (SSSR count). The maximum absolute atomic E-state index is 12.1. The largest absolute Gasteiger partial charge is 0.301 e. The molecule has 1 fully saturated rings. The van der Waals surface area contributed by atoms with Gasteiger partial charge in [-0.1, -0.05) is 43.2 Å². The summed E-state index contributed by atoms with van der Waals surface area (Å²) in [4.78, 5) is 2.02. The van der Waals surface area contributed by atoms with Gasteiger partial charge in [0.15, 0.2) is 0 Å². The van der Waals surface area contributed by atoms with Crippen LogP contribution in [-0.4, -0.2) is 40.0 Å². The first-order valence-corrected chi connectivity index (χ1v) is 8.94. The Balaban J connectivity index is 1.95. The molecule has 21 heavy (non-hydrogen) atoms. The Morgan fingerprint density at radius 1 is 1.19 bits per heavy atom. The third-order valence-corrected chi connectivity index (χ3v) is 5.14. The fourth-order valence-electron chi connectivity index (χ4n) is 2.77. The van der Waals surface area contributed by atoms with Crippen LogP contribution in [0.3, 0.4) is 0 Å². The van der Waals surface area contributed by atoms with Crippen molar-refractivity contribution in [2.24, 2.45) is 0 Å². The van der Waals surface area contributed by atoms with Gasteiger partial charge in [0.1, 0.15) is 0 Å². The molecule has 0 bridgehead atoms. The molecule has 1 atom stereocenters. The van der Waals surface area contributed by atoms with Gasteiger partial charge < -0.3 is 4.90 Å². The van der Waals surface area contributed by atoms with Crippen LogP contribution >= 0.6 is 0 Å². The van der Waals surface area contributed by atoms with Gasteiger partial charge in [-0.3, -0.25) is 0 Å². The molecule has 0 aromatic heterocycles. The highest BCUT2D eigenvalue weighted by molar-refractivity contribution is 7.87. The first-order chi connectivity index (χ1) is 9.98. The van der Waals surface area contributed by atoms with Gasteiger partial charge in [-0.2, -0.15) is 13.1 Å². The lowest BCUT2D eigenvalue weighted by molar-refractivity contribution is 0.299. The van der Waals surface area contributed by atoms with Crippen LogP contribution < -0.4 is 9.44 Å². The molecular formula is C15H25N3O2S. The van der Waals surface area contributed by atoms with Crippen molar-refractivity contribution in [3.8, 4) is 0 Å². The van der Waals surface area contributed by atoms with Crippen LogP contribution in [0.25, 0.3) is 0 Å². The van der Waals surface area contributed by atoms with E-state index in [-0.39, 0.29) is 12.1 Å². The molecule has 6 heteroatoms. The Morgan fingerprint density at radius 2 is 1.81 bits per heavy atom. The molecule has 0 saturated heterocycles. The molecule has 1 aliphatic rings. The number of nitrogens with one attached hydrogen (secondary N) is 2. The molecule has 0 amide bonds. The third kappa shape index (κ3) is 5.07. The monoisotopic (exact) mass is 311 g/mol. The highest BCUT2D eigenvalue weighted by Gasteiger charge is 2.22. The highest BCUT2D eigenvalue weighted by Crippen LogP contribution is 2.19. The van der Waals surface area contributed by atoms with Crippen molar-refractivity contribution in [2.75, 3.05) is 20.6 Å². The molecule has 1 aromatic rings. The highest BCUT2D eigenvalue weighted by atomic mass is 32.2. The van der Waals surface area contributed by atoms with E-state index in [0.29, 0.717) is 6.54 Å². The van der Waals surface area contributed by atoms with Crippen LogP contribution in [0.1, 0.15) is 37.3 Å². The summed E-state index contributed by atoms with van der Waals surface area (Å²) in [7, 11) is 0.481. The van der Waals surface area contributed by atoms with Crippen LogP contribution in [0.4, 0.5) is 0 Å². The molecule has 0 heterocycles. The third-order valence-electron chi connectivity index (χ3n) is 3.95. The Bertz CT molecular complexity index is 525. The van der Waals surface area contributed by atoms with E-state index in [9.17, 15) is 8.42 Å². The summed E-state index contributed by atoms with van der Waals surface area (Å²) < 4.78 is 29.6. The number of rotatable bonds is 7. The van der Waals surface area contributed by atoms with E-state index in [1.807, 2.05) is 49.3 Å². The van der Waals surface area contributed by atoms with Gasteiger partial charge in [0.2, 0.25) is 0 Å². The minimum Gasteiger partial charge on any atom is -0.301 e. The van der Waals surface area contributed by atoms with Gasteiger partial charge in [0.25, 0.3) is 10.2 Å². The van der Waals surface area contributed by atoms with Gasteiger partial charge in [0.05, 0.1) is 0 Å². The summed E-state index contributed by atoms with van der Waals surface area (Å²) in [5.41, 5.74) is 1.10. The Kier molecular flexibility index (Phi) is 5.75. The standard InChI is InChI=1S/C15H25N3O2S/c1-18(2)15(13-8-4-3-5-9-13)12-16-21(19,20)17-14-10-6-7-11-14/h3-5,8-9,14-17H,6-7,10-12H2,1-2H3. The van der Waals surface area contributed by atoms with Crippen LogP contribution in [-0.2, 0) is 10.2 Å². The van der Waals surface area contributed by atoms with Gasteiger partial charge in [0, 0.05) is 18.6 Å². The number of hydrogen-bond donors (Lipinski definition) is 2. The van der Waals surface area contributed by atoms with Crippen molar-refractivity contribution in [3.63, 3.8) is 0 Å². The van der Waals surface area contributed by atoms with Crippen LogP contribution in [0.15, 0.2) is 30.3 Å². The molecule has 1 saturated carbocycles. The minimum absolute atomic E-state index is 0.0198. The molecule has 1 aromatic carbocycles. The summed E-state index contributed by atoms with van der Waals surface area (Å²) >= 11 is 0. The fourth-order valence-corrected chi connectivity index (χ4v) is 3.90. The van der Waals surface area contributed by atoms with Crippen molar-refractivity contribution in [1.82, 2.24) is 14.3 Å². The van der Waals surface area contributed by atoms with Crippen molar-refractivity contribution in [2.45, 2.75) is 37.8 Å². The van der Waals surface area contributed by atoms with E-state index in [0.717, 1.165) is 31.2 Å². The quantitative estimate of drug-likeness (QED) is 0.805. The van der Waals surface area contributed by atoms with E-state index >= 15 is 0 Å². The maximum atomic E-state index is 12.1. The van der Waals surface area contributed by atoms with E-state index < -0.39 is 10.2 Å².